The van der Waals surface area contributed by atoms with Crippen LogP contribution in [0.4, 0.5) is 0 Å². The first-order valence-corrected chi connectivity index (χ1v) is 50.8. The fourth-order valence-electron chi connectivity index (χ4n) is 16.3. The van der Waals surface area contributed by atoms with Crippen LogP contribution in [0.1, 0.15) is 281 Å². The summed E-state index contributed by atoms with van der Waals surface area (Å²) < 4.78 is 75.6. The predicted molar refractivity (Wildman–Crippen MR) is 545 cm³/mol. The van der Waals surface area contributed by atoms with E-state index in [0.717, 1.165) is 194 Å². The molecule has 20 heteroatoms. The van der Waals surface area contributed by atoms with Crippen molar-refractivity contribution in [3.8, 4) is 67.9 Å². The van der Waals surface area contributed by atoms with Crippen LogP contribution in [0.5, 0.6) is 34.5 Å². The van der Waals surface area contributed by atoms with Gasteiger partial charge in [-0.1, -0.05) is 225 Å². The van der Waals surface area contributed by atoms with Gasteiger partial charge in [0.25, 0.3) is 0 Å². The van der Waals surface area contributed by atoms with E-state index >= 15 is 0 Å². The Morgan fingerprint density at radius 2 is 0.726 bits per heavy atom. The van der Waals surface area contributed by atoms with E-state index in [2.05, 4.69) is 144 Å². The summed E-state index contributed by atoms with van der Waals surface area (Å²) in [5.41, 5.74) is 14.4. The van der Waals surface area contributed by atoms with Gasteiger partial charge in [0.05, 0.1) is 72.7 Å². The maximum absolute atomic E-state index is 12.0. The summed E-state index contributed by atoms with van der Waals surface area (Å²) in [5.74, 6) is 3.58. The zero-order valence-corrected chi connectivity index (χ0v) is 83.9. The van der Waals surface area contributed by atoms with Crippen molar-refractivity contribution >= 4 is 29.8 Å². The van der Waals surface area contributed by atoms with Crippen molar-refractivity contribution in [3.05, 3.63) is 203 Å². The molecule has 135 heavy (non-hydrogen) atoms. The molecule has 3 aliphatic heterocycles. The first-order valence-electron chi connectivity index (χ1n) is 50.8. The lowest BCUT2D eigenvalue weighted by atomic mass is 9.97. The maximum atomic E-state index is 12.0. The zero-order chi connectivity index (χ0) is 97.0. The Balaban J connectivity index is 0.000000276. The second-order valence-corrected chi connectivity index (χ2v) is 36.6. The Kier molecular flexibility index (Phi) is 55.2. The van der Waals surface area contributed by atoms with Crippen molar-refractivity contribution in [2.24, 2.45) is 5.92 Å². The van der Waals surface area contributed by atoms with E-state index in [1.165, 1.54) is 146 Å². The monoisotopic (exact) mass is 1860 g/mol. The van der Waals surface area contributed by atoms with E-state index in [1.54, 1.807) is 34.6 Å². The van der Waals surface area contributed by atoms with Crippen LogP contribution < -0.4 is 33.7 Å². The third kappa shape index (κ3) is 44.8. The minimum Gasteiger partial charge on any atom is -0.494 e. The zero-order valence-electron chi connectivity index (χ0n) is 83.9. The number of ether oxygens (including phenoxy) is 13. The number of hydrogen-bond donors (Lipinski definition) is 1. The number of esters is 5. The number of rotatable bonds is 65. The third-order valence-corrected chi connectivity index (χ3v) is 24.4. The molecule has 0 aliphatic carbocycles. The van der Waals surface area contributed by atoms with Gasteiger partial charge in [-0.3, -0.25) is 4.90 Å². The summed E-state index contributed by atoms with van der Waals surface area (Å²) in [4.78, 5) is 62.3. The fourth-order valence-corrected chi connectivity index (χ4v) is 16.3. The second-order valence-electron chi connectivity index (χ2n) is 36.6. The van der Waals surface area contributed by atoms with Crippen molar-refractivity contribution in [3.63, 3.8) is 0 Å². The molecule has 3 heterocycles. The van der Waals surface area contributed by atoms with Gasteiger partial charge in [-0.2, -0.15) is 0 Å². The number of benzene rings is 6. The number of carbonyl (C=O) groups is 5. The van der Waals surface area contributed by atoms with Crippen LogP contribution >= 0.6 is 0 Å². The quantitative estimate of drug-likeness (QED) is 0.0123. The molecular weight excluding hydrogens is 1700 g/mol. The molecule has 0 radical (unpaired) electrons. The molecule has 0 bridgehead atoms. The number of carbonyl (C=O) groups excluding carboxylic acids is 5. The average molecular weight is 1860 g/mol. The topological polar surface area (TPSA) is 221 Å². The number of nitrogens with one attached hydrogen (secondary N) is 1. The number of likely N-dealkylation sites (tertiary alicyclic amines) is 1. The summed E-state index contributed by atoms with van der Waals surface area (Å²) in [5, 5.41) is 3.39. The van der Waals surface area contributed by atoms with Crippen LogP contribution in [0.2, 0.25) is 0 Å². The Hall–Kier alpha value is -9.99. The summed E-state index contributed by atoms with van der Waals surface area (Å²) >= 11 is 0. The minimum atomic E-state index is -0.405. The minimum absolute atomic E-state index is 0.00132. The lowest BCUT2D eigenvalue weighted by molar-refractivity contribution is -0.139. The Bertz CT molecular complexity index is 4560. The van der Waals surface area contributed by atoms with E-state index < -0.39 is 17.9 Å². The van der Waals surface area contributed by atoms with Crippen LogP contribution in [-0.2, 0) is 89.2 Å². The van der Waals surface area contributed by atoms with Gasteiger partial charge in [0.2, 0.25) is 0 Å². The molecule has 9 rings (SSSR count). The molecule has 0 aromatic heterocycles. The molecule has 20 nitrogen and oxygen atoms in total. The number of hydrogen-bond acceptors (Lipinski definition) is 20. The molecule has 3 fully saturated rings. The SMILES string of the molecule is C=C(C)C(=O)OCCCc1cc(-c2ccc(OCCCCCCCCCC)cc2C)ccc1OCOCC1CCNCC1.C=C(C)C(=O)OCCc1cc(-c2ccc(OC3CCOC3)c(CCOC(=O)C(=C)C)c2)ccc1OCCCCCCCCCC.C=C(C)C(=O)OCCc1cc(-c2ccc(OCCN3CCCC3)c(CCOC(=O)C(=C)C)c2)ccc1OCCCCCCCCCC. The van der Waals surface area contributed by atoms with Crippen LogP contribution in [0.25, 0.3) is 33.4 Å². The van der Waals surface area contributed by atoms with Crippen LogP contribution in [0.15, 0.2) is 170 Å². The van der Waals surface area contributed by atoms with Crippen molar-refractivity contribution < 1.29 is 85.6 Å². The van der Waals surface area contributed by atoms with Gasteiger partial charge in [0.15, 0.2) is 6.79 Å². The van der Waals surface area contributed by atoms with E-state index in [9.17, 15) is 24.0 Å². The Morgan fingerprint density at radius 3 is 1.13 bits per heavy atom. The van der Waals surface area contributed by atoms with Gasteiger partial charge in [-0.25, -0.2) is 24.0 Å². The highest BCUT2D eigenvalue weighted by molar-refractivity contribution is 5.89. The molecule has 1 atom stereocenters. The molecule has 6 aromatic rings. The summed E-state index contributed by atoms with van der Waals surface area (Å²) in [7, 11) is 0. The summed E-state index contributed by atoms with van der Waals surface area (Å²) in [6.07, 6.45) is 39.3. The van der Waals surface area contributed by atoms with Crippen molar-refractivity contribution in [2.75, 3.05) is 119 Å². The van der Waals surface area contributed by atoms with Crippen LogP contribution in [0.3, 0.4) is 0 Å². The maximum Gasteiger partial charge on any atom is 0.333 e. The first kappa shape index (κ1) is 112. The standard InChI is InChI=1S/C40H57NO6.C38H52O7.C37H55NO5/c1-6-7-8-9-10-11-12-15-25-44-37-18-16-33(29-35(37)20-26-46-39(42)31(2)3)34-17-19-38(45-28-24-41-22-13-14-23-41)36(30-34)21-27-47-40(43)32(4)5;1-6-7-8-9-10-11-12-13-21-42-35-16-14-30(25-32(35)18-23-43-37(39)28(2)3)31-15-17-36(45-34-20-22-41-27-34)33(26-31)19-24-44-38(40)29(4)5;1-5-6-7-8-9-10-11-12-23-41-34-16-17-35(30(4)25-34)32-15-18-36(43-28-40-27-31-19-21-38-22-20-31)33(26-32)14-13-24-42-37(39)29(2)3/h16-19,29-30H,2,4,6-15,20-28H2,1,3,5H3;14-17,25-26,34H,2,4,6-13,18-24,27H2,1,3,5H3;15-18,25-26,31,38H,2,5-14,19-24,27-28H2,1,3-4H3. The lowest BCUT2D eigenvalue weighted by Crippen LogP contribution is -2.30. The van der Waals surface area contributed by atoms with Gasteiger partial charge < -0.3 is 66.9 Å². The lowest BCUT2D eigenvalue weighted by Gasteiger charge is -2.22. The molecule has 0 spiro atoms. The molecule has 3 saturated heterocycles. The molecule has 0 saturated carbocycles. The molecule has 6 aromatic carbocycles. The summed E-state index contributed by atoms with van der Waals surface area (Å²) in [6.45, 7) is 46.9. The number of piperidine rings is 1. The Morgan fingerprint density at radius 1 is 0.370 bits per heavy atom. The molecule has 0 amide bonds. The first-order chi connectivity index (χ1) is 65.5. The van der Waals surface area contributed by atoms with Gasteiger partial charge in [-0.05, 0) is 271 Å². The van der Waals surface area contributed by atoms with E-state index in [4.69, 9.17) is 61.6 Å². The van der Waals surface area contributed by atoms with E-state index in [-0.39, 0.29) is 51.3 Å². The summed E-state index contributed by atoms with van der Waals surface area (Å²) in [6, 6.07) is 37.3. The molecule has 1 N–H and O–H groups in total. The van der Waals surface area contributed by atoms with E-state index in [0.29, 0.717) is 106 Å². The van der Waals surface area contributed by atoms with E-state index in [1.807, 2.05) is 36.4 Å². The van der Waals surface area contributed by atoms with Gasteiger partial charge in [0, 0.05) is 66.5 Å². The molecular formula is C115H164N2O18. The predicted octanol–water partition coefficient (Wildman–Crippen LogP) is 25.6. The Labute approximate surface area is 810 Å². The molecule has 1 unspecified atom stereocenters. The number of aryl methyl sites for hydroxylation is 2. The highest BCUT2D eigenvalue weighted by Gasteiger charge is 2.23. The smallest absolute Gasteiger partial charge is 0.333 e. The van der Waals surface area contributed by atoms with Crippen LogP contribution in [-0.4, -0.2) is 160 Å². The van der Waals surface area contributed by atoms with Crippen molar-refractivity contribution in [1.29, 1.82) is 0 Å². The van der Waals surface area contributed by atoms with Gasteiger partial charge >= 0.3 is 29.8 Å². The molecule has 742 valence electrons. The number of nitrogens with zero attached hydrogens (tertiary/aromatic N) is 1. The average Bonchev–Trinajstić information content (AvgIpc) is 1.13. The fraction of sp³-hybridized carbons (Fsp3) is 0.557. The van der Waals surface area contributed by atoms with Crippen molar-refractivity contribution in [2.45, 2.75) is 293 Å². The number of unbranched alkanes of at least 4 members (excludes halogenated alkanes) is 21. The van der Waals surface area contributed by atoms with Crippen LogP contribution in [0, 0.1) is 12.8 Å². The normalized spacial score (nSPS) is 13.5. The van der Waals surface area contributed by atoms with Crippen molar-refractivity contribution in [1.82, 2.24) is 10.2 Å². The van der Waals surface area contributed by atoms with Gasteiger partial charge in [0.1, 0.15) is 47.2 Å². The molecule has 3 aliphatic rings. The highest BCUT2D eigenvalue weighted by Crippen LogP contribution is 2.37. The largest absolute Gasteiger partial charge is 0.494 e. The van der Waals surface area contributed by atoms with Gasteiger partial charge in [-0.15, -0.1) is 0 Å². The second kappa shape index (κ2) is 66.5. The highest BCUT2D eigenvalue weighted by atomic mass is 16.7. The third-order valence-electron chi connectivity index (χ3n) is 24.4.